The standard InChI is InChI=1S/C9H5FN2O2/c1-12-7-3-2-6(10)5(4-11)8(7)14-9(12)13/h2-3H,1H3. The summed E-state index contributed by atoms with van der Waals surface area (Å²) in [5, 5.41) is 8.66. The first-order valence-electron chi connectivity index (χ1n) is 3.83. The third-order valence-electron chi connectivity index (χ3n) is 2.02. The molecular formula is C9H5FN2O2. The molecule has 0 aliphatic heterocycles. The summed E-state index contributed by atoms with van der Waals surface area (Å²) < 4.78 is 19.0. The van der Waals surface area contributed by atoms with Crippen LogP contribution in [0, 0.1) is 17.1 Å². The SMILES string of the molecule is Cn1c(=O)oc2c(C#N)c(F)ccc21. The average molecular weight is 192 g/mol. The van der Waals surface area contributed by atoms with Gasteiger partial charge in [-0.15, -0.1) is 0 Å². The zero-order chi connectivity index (χ0) is 10.3. The molecule has 5 heteroatoms. The Bertz CT molecular complexity index is 604. The minimum Gasteiger partial charge on any atom is -0.406 e. The highest BCUT2D eigenvalue weighted by molar-refractivity contribution is 5.79. The number of fused-ring (bicyclic) bond motifs is 1. The van der Waals surface area contributed by atoms with Gasteiger partial charge in [0.2, 0.25) is 0 Å². The van der Waals surface area contributed by atoms with Gasteiger partial charge in [-0.2, -0.15) is 5.26 Å². The van der Waals surface area contributed by atoms with Gasteiger partial charge >= 0.3 is 5.76 Å². The van der Waals surface area contributed by atoms with Crippen LogP contribution in [0.15, 0.2) is 21.3 Å². The molecule has 0 aliphatic rings. The third-order valence-corrected chi connectivity index (χ3v) is 2.02. The van der Waals surface area contributed by atoms with Crippen molar-refractivity contribution in [3.8, 4) is 6.07 Å². The summed E-state index contributed by atoms with van der Waals surface area (Å²) in [5.41, 5.74) is 0.174. The Morgan fingerprint density at radius 2 is 2.29 bits per heavy atom. The van der Waals surface area contributed by atoms with Crippen LogP contribution in [0.2, 0.25) is 0 Å². The van der Waals surface area contributed by atoms with Crippen LogP contribution >= 0.6 is 0 Å². The molecule has 1 aromatic heterocycles. The lowest BCUT2D eigenvalue weighted by Gasteiger charge is -1.93. The minimum atomic E-state index is -0.686. The van der Waals surface area contributed by atoms with Gasteiger partial charge in [-0.3, -0.25) is 4.57 Å². The fourth-order valence-corrected chi connectivity index (χ4v) is 1.27. The van der Waals surface area contributed by atoms with E-state index in [9.17, 15) is 9.18 Å². The number of hydrogen-bond acceptors (Lipinski definition) is 3. The molecule has 0 spiro atoms. The lowest BCUT2D eigenvalue weighted by atomic mass is 10.2. The highest BCUT2D eigenvalue weighted by Crippen LogP contribution is 2.19. The molecule has 0 fully saturated rings. The molecule has 0 bridgehead atoms. The van der Waals surface area contributed by atoms with Crippen molar-refractivity contribution in [1.29, 1.82) is 5.26 Å². The van der Waals surface area contributed by atoms with Crippen molar-refractivity contribution >= 4 is 11.1 Å². The van der Waals surface area contributed by atoms with Crippen molar-refractivity contribution in [1.82, 2.24) is 4.57 Å². The molecule has 0 radical (unpaired) electrons. The molecule has 2 aromatic rings. The van der Waals surface area contributed by atoms with Crippen LogP contribution in [0.4, 0.5) is 4.39 Å². The number of benzene rings is 1. The molecule has 0 amide bonds. The number of oxazole rings is 1. The monoisotopic (exact) mass is 192 g/mol. The van der Waals surface area contributed by atoms with Crippen molar-refractivity contribution < 1.29 is 8.81 Å². The van der Waals surface area contributed by atoms with Crippen LogP contribution in [0.25, 0.3) is 11.1 Å². The molecule has 0 saturated carbocycles. The van der Waals surface area contributed by atoms with E-state index in [0.717, 1.165) is 6.07 Å². The molecule has 1 aromatic carbocycles. The van der Waals surface area contributed by atoms with E-state index >= 15 is 0 Å². The Morgan fingerprint density at radius 3 is 2.93 bits per heavy atom. The second kappa shape index (κ2) is 2.70. The summed E-state index contributed by atoms with van der Waals surface area (Å²) in [6.45, 7) is 0. The minimum absolute atomic E-state index is 0.000000000000000444. The summed E-state index contributed by atoms with van der Waals surface area (Å²) in [5.74, 6) is -1.29. The molecule has 4 nitrogen and oxygen atoms in total. The molecule has 2 rings (SSSR count). The summed E-state index contributed by atoms with van der Waals surface area (Å²) in [7, 11) is 1.49. The predicted molar refractivity (Wildman–Crippen MR) is 46.1 cm³/mol. The summed E-state index contributed by atoms with van der Waals surface area (Å²) in [4.78, 5) is 11.1. The highest BCUT2D eigenvalue weighted by atomic mass is 19.1. The maximum absolute atomic E-state index is 13.1. The summed E-state index contributed by atoms with van der Waals surface area (Å²) in [6, 6.07) is 4.19. The van der Waals surface area contributed by atoms with Gasteiger partial charge in [0, 0.05) is 7.05 Å². The largest absolute Gasteiger partial charge is 0.419 e. The second-order valence-corrected chi connectivity index (χ2v) is 2.81. The first-order chi connectivity index (χ1) is 6.65. The topological polar surface area (TPSA) is 58.9 Å². The zero-order valence-corrected chi connectivity index (χ0v) is 7.24. The van der Waals surface area contributed by atoms with Gasteiger partial charge in [-0.25, -0.2) is 9.18 Å². The second-order valence-electron chi connectivity index (χ2n) is 2.81. The molecule has 70 valence electrons. The number of hydrogen-bond donors (Lipinski definition) is 0. The Labute approximate surface area is 77.8 Å². The Hall–Kier alpha value is -2.09. The van der Waals surface area contributed by atoms with Crippen LogP contribution in [0.1, 0.15) is 5.56 Å². The van der Waals surface area contributed by atoms with Crippen LogP contribution in [-0.4, -0.2) is 4.57 Å². The Balaban J connectivity index is 3.05. The quantitative estimate of drug-likeness (QED) is 0.628. The fourth-order valence-electron chi connectivity index (χ4n) is 1.27. The lowest BCUT2D eigenvalue weighted by Crippen LogP contribution is -2.08. The number of rotatable bonds is 0. The Morgan fingerprint density at radius 1 is 1.57 bits per heavy atom. The van der Waals surface area contributed by atoms with E-state index in [4.69, 9.17) is 9.68 Å². The number of aromatic nitrogens is 1. The van der Waals surface area contributed by atoms with E-state index in [1.165, 1.54) is 17.7 Å². The first kappa shape index (κ1) is 8.51. The summed E-state index contributed by atoms with van der Waals surface area (Å²) in [6.07, 6.45) is 0. The smallest absolute Gasteiger partial charge is 0.406 e. The van der Waals surface area contributed by atoms with E-state index in [1.54, 1.807) is 6.07 Å². The number of nitrogens with zero attached hydrogens (tertiary/aromatic N) is 2. The van der Waals surface area contributed by atoms with Gasteiger partial charge in [0.05, 0.1) is 5.52 Å². The molecule has 0 N–H and O–H groups in total. The van der Waals surface area contributed by atoms with Gasteiger partial charge < -0.3 is 4.42 Å². The van der Waals surface area contributed by atoms with Gasteiger partial charge in [-0.05, 0) is 12.1 Å². The number of aryl methyl sites for hydroxylation is 1. The van der Waals surface area contributed by atoms with Gasteiger partial charge in [-0.1, -0.05) is 0 Å². The van der Waals surface area contributed by atoms with Crippen molar-refractivity contribution in [2.75, 3.05) is 0 Å². The first-order valence-corrected chi connectivity index (χ1v) is 3.83. The maximum Gasteiger partial charge on any atom is 0.419 e. The van der Waals surface area contributed by atoms with Crippen molar-refractivity contribution in [2.24, 2.45) is 7.05 Å². The Kier molecular flexibility index (Phi) is 1.64. The number of halogens is 1. The van der Waals surface area contributed by atoms with Crippen molar-refractivity contribution in [2.45, 2.75) is 0 Å². The molecule has 0 saturated heterocycles. The normalized spacial score (nSPS) is 10.4. The molecule has 1 heterocycles. The van der Waals surface area contributed by atoms with E-state index in [1.807, 2.05) is 0 Å². The molecular weight excluding hydrogens is 187 g/mol. The zero-order valence-electron chi connectivity index (χ0n) is 7.24. The van der Waals surface area contributed by atoms with E-state index in [0.29, 0.717) is 5.52 Å². The van der Waals surface area contributed by atoms with Gasteiger partial charge in [0.25, 0.3) is 0 Å². The van der Waals surface area contributed by atoms with E-state index in [2.05, 4.69) is 0 Å². The van der Waals surface area contributed by atoms with E-state index in [-0.39, 0.29) is 11.1 Å². The maximum atomic E-state index is 13.1. The summed E-state index contributed by atoms with van der Waals surface area (Å²) >= 11 is 0. The van der Waals surface area contributed by atoms with Crippen LogP contribution in [-0.2, 0) is 7.05 Å². The predicted octanol–water partition coefficient (Wildman–Crippen LogP) is 1.14. The fraction of sp³-hybridized carbons (Fsp3) is 0.111. The number of nitriles is 1. The van der Waals surface area contributed by atoms with Crippen LogP contribution in [0.5, 0.6) is 0 Å². The molecule has 14 heavy (non-hydrogen) atoms. The van der Waals surface area contributed by atoms with Gasteiger partial charge in [0.1, 0.15) is 17.4 Å². The average Bonchev–Trinajstić information content (AvgIpc) is 2.43. The van der Waals surface area contributed by atoms with E-state index < -0.39 is 11.6 Å². The van der Waals surface area contributed by atoms with Crippen LogP contribution < -0.4 is 5.76 Å². The highest BCUT2D eigenvalue weighted by Gasteiger charge is 2.13. The molecule has 0 unspecified atom stereocenters. The molecule has 0 atom stereocenters. The van der Waals surface area contributed by atoms with Crippen molar-refractivity contribution in [3.05, 3.63) is 34.1 Å². The van der Waals surface area contributed by atoms with Crippen molar-refractivity contribution in [3.63, 3.8) is 0 Å². The molecule has 0 aliphatic carbocycles. The third kappa shape index (κ3) is 0.941. The lowest BCUT2D eigenvalue weighted by molar-refractivity contribution is 0.524. The van der Waals surface area contributed by atoms with Gasteiger partial charge in [0.15, 0.2) is 5.58 Å². The van der Waals surface area contributed by atoms with Crippen LogP contribution in [0.3, 0.4) is 0 Å².